The molecular weight excluding hydrogens is 222 g/mol. The van der Waals surface area contributed by atoms with Crippen molar-refractivity contribution in [2.75, 3.05) is 11.4 Å². The van der Waals surface area contributed by atoms with Crippen molar-refractivity contribution in [2.24, 2.45) is 0 Å². The van der Waals surface area contributed by atoms with E-state index in [9.17, 15) is 4.79 Å². The maximum atomic E-state index is 10.8. The third kappa shape index (κ3) is 3.86. The van der Waals surface area contributed by atoms with Gasteiger partial charge in [0.15, 0.2) is 0 Å². The molecule has 0 unspecified atom stereocenters. The van der Waals surface area contributed by atoms with Gasteiger partial charge in [0.2, 0.25) is 0 Å². The average Bonchev–Trinajstić information content (AvgIpc) is 2.35. The summed E-state index contributed by atoms with van der Waals surface area (Å²) in [6.45, 7) is 9.84. The van der Waals surface area contributed by atoms with Crippen molar-refractivity contribution in [3.63, 3.8) is 0 Å². The number of anilines is 1. The van der Waals surface area contributed by atoms with Crippen molar-refractivity contribution in [3.05, 3.63) is 29.3 Å². The zero-order valence-corrected chi connectivity index (χ0v) is 12.1. The SMILES string of the molecule is CCCCCN(c1ccc(C=O)cc1C)C(C)C. The van der Waals surface area contributed by atoms with Crippen LogP contribution in [0.15, 0.2) is 18.2 Å². The standard InChI is InChI=1S/C16H25NO/c1-5-6-7-10-17(13(2)3)16-9-8-15(12-18)11-14(16)4/h8-9,11-13H,5-7,10H2,1-4H3. The highest BCUT2D eigenvalue weighted by Gasteiger charge is 2.12. The molecule has 1 rings (SSSR count). The minimum Gasteiger partial charge on any atom is -0.369 e. The lowest BCUT2D eigenvalue weighted by Gasteiger charge is -2.30. The molecule has 0 amide bonds. The molecule has 0 saturated heterocycles. The van der Waals surface area contributed by atoms with Crippen LogP contribution in [0, 0.1) is 6.92 Å². The van der Waals surface area contributed by atoms with Crippen LogP contribution in [0.2, 0.25) is 0 Å². The van der Waals surface area contributed by atoms with Gasteiger partial charge in [-0.1, -0.05) is 19.8 Å². The molecule has 2 heteroatoms. The number of hydrogen-bond donors (Lipinski definition) is 0. The van der Waals surface area contributed by atoms with E-state index in [1.54, 1.807) is 0 Å². The minimum absolute atomic E-state index is 0.489. The number of carbonyl (C=O) groups excluding carboxylic acids is 1. The summed E-state index contributed by atoms with van der Waals surface area (Å²) in [5, 5.41) is 0. The second-order valence-corrected chi connectivity index (χ2v) is 5.16. The largest absolute Gasteiger partial charge is 0.369 e. The fourth-order valence-electron chi connectivity index (χ4n) is 2.26. The molecule has 0 saturated carbocycles. The number of carbonyl (C=O) groups is 1. The lowest BCUT2D eigenvalue weighted by atomic mass is 10.1. The number of unbranched alkanes of at least 4 members (excludes halogenated alkanes) is 2. The van der Waals surface area contributed by atoms with Crippen molar-refractivity contribution < 1.29 is 4.79 Å². The molecule has 0 radical (unpaired) electrons. The Morgan fingerprint density at radius 3 is 2.50 bits per heavy atom. The molecule has 0 atom stereocenters. The van der Waals surface area contributed by atoms with Gasteiger partial charge in [-0.2, -0.15) is 0 Å². The van der Waals surface area contributed by atoms with Crippen LogP contribution < -0.4 is 4.90 Å². The van der Waals surface area contributed by atoms with Crippen LogP contribution in [0.4, 0.5) is 5.69 Å². The summed E-state index contributed by atoms with van der Waals surface area (Å²) < 4.78 is 0. The van der Waals surface area contributed by atoms with Gasteiger partial charge in [0.1, 0.15) is 6.29 Å². The first-order valence-corrected chi connectivity index (χ1v) is 6.92. The highest BCUT2D eigenvalue weighted by Crippen LogP contribution is 2.23. The Hall–Kier alpha value is -1.31. The zero-order valence-electron chi connectivity index (χ0n) is 12.1. The smallest absolute Gasteiger partial charge is 0.150 e. The summed E-state index contributed by atoms with van der Waals surface area (Å²) in [6.07, 6.45) is 4.65. The highest BCUT2D eigenvalue weighted by atomic mass is 16.1. The summed E-state index contributed by atoms with van der Waals surface area (Å²) in [7, 11) is 0. The molecule has 0 aromatic heterocycles. The van der Waals surface area contributed by atoms with Crippen LogP contribution in [-0.2, 0) is 0 Å². The number of benzene rings is 1. The van der Waals surface area contributed by atoms with Crippen LogP contribution in [0.25, 0.3) is 0 Å². The van der Waals surface area contributed by atoms with Gasteiger partial charge in [-0.05, 0) is 51.0 Å². The number of rotatable bonds is 7. The maximum Gasteiger partial charge on any atom is 0.150 e. The Kier molecular flexibility index (Phi) is 5.90. The molecule has 18 heavy (non-hydrogen) atoms. The van der Waals surface area contributed by atoms with E-state index in [2.05, 4.69) is 38.7 Å². The lowest BCUT2D eigenvalue weighted by molar-refractivity contribution is 0.112. The van der Waals surface area contributed by atoms with Crippen molar-refractivity contribution >= 4 is 12.0 Å². The molecule has 0 bridgehead atoms. The predicted molar refractivity (Wildman–Crippen MR) is 78.6 cm³/mol. The summed E-state index contributed by atoms with van der Waals surface area (Å²) in [6, 6.07) is 6.44. The fraction of sp³-hybridized carbons (Fsp3) is 0.562. The second-order valence-electron chi connectivity index (χ2n) is 5.16. The molecule has 0 aliphatic heterocycles. The third-order valence-corrected chi connectivity index (χ3v) is 3.29. The van der Waals surface area contributed by atoms with Gasteiger partial charge in [0, 0.05) is 23.8 Å². The van der Waals surface area contributed by atoms with Crippen LogP contribution in [0.3, 0.4) is 0 Å². The van der Waals surface area contributed by atoms with Gasteiger partial charge in [-0.25, -0.2) is 0 Å². The molecule has 0 heterocycles. The predicted octanol–water partition coefficient (Wildman–Crippen LogP) is 4.21. The molecule has 1 aromatic carbocycles. The van der Waals surface area contributed by atoms with Gasteiger partial charge in [-0.3, -0.25) is 4.79 Å². The van der Waals surface area contributed by atoms with Crippen LogP contribution >= 0.6 is 0 Å². The first-order chi connectivity index (χ1) is 8.60. The summed E-state index contributed by atoms with van der Waals surface area (Å²) in [5.74, 6) is 0. The van der Waals surface area contributed by atoms with E-state index in [1.165, 1.54) is 30.5 Å². The van der Waals surface area contributed by atoms with E-state index in [-0.39, 0.29) is 0 Å². The van der Waals surface area contributed by atoms with Crippen LogP contribution in [0.5, 0.6) is 0 Å². The normalized spacial score (nSPS) is 10.7. The molecule has 100 valence electrons. The zero-order chi connectivity index (χ0) is 13.5. The number of aryl methyl sites for hydroxylation is 1. The number of hydrogen-bond acceptors (Lipinski definition) is 2. The monoisotopic (exact) mass is 247 g/mol. The minimum atomic E-state index is 0.489. The maximum absolute atomic E-state index is 10.8. The lowest BCUT2D eigenvalue weighted by Crippen LogP contribution is -2.32. The fourth-order valence-corrected chi connectivity index (χ4v) is 2.26. The molecular formula is C16H25NO. The average molecular weight is 247 g/mol. The highest BCUT2D eigenvalue weighted by molar-refractivity contribution is 5.77. The van der Waals surface area contributed by atoms with Gasteiger partial charge < -0.3 is 4.90 Å². The molecule has 0 fully saturated rings. The van der Waals surface area contributed by atoms with Crippen molar-refractivity contribution in [1.82, 2.24) is 0 Å². The summed E-state index contributed by atoms with van der Waals surface area (Å²) in [5.41, 5.74) is 3.20. The summed E-state index contributed by atoms with van der Waals surface area (Å²) in [4.78, 5) is 13.2. The topological polar surface area (TPSA) is 20.3 Å². The second kappa shape index (κ2) is 7.20. The molecule has 0 aliphatic carbocycles. The van der Waals surface area contributed by atoms with E-state index < -0.39 is 0 Å². The molecule has 0 N–H and O–H groups in total. The molecule has 0 spiro atoms. The van der Waals surface area contributed by atoms with Crippen molar-refractivity contribution in [2.45, 2.75) is 53.0 Å². The molecule has 1 aromatic rings. The van der Waals surface area contributed by atoms with Gasteiger partial charge >= 0.3 is 0 Å². The van der Waals surface area contributed by atoms with E-state index in [4.69, 9.17) is 0 Å². The van der Waals surface area contributed by atoms with E-state index in [1.807, 2.05) is 12.1 Å². The van der Waals surface area contributed by atoms with Crippen LogP contribution in [0.1, 0.15) is 56.0 Å². The van der Waals surface area contributed by atoms with E-state index in [0.29, 0.717) is 6.04 Å². The Morgan fingerprint density at radius 1 is 1.28 bits per heavy atom. The summed E-state index contributed by atoms with van der Waals surface area (Å²) >= 11 is 0. The van der Waals surface area contributed by atoms with E-state index in [0.717, 1.165) is 18.4 Å². The first-order valence-electron chi connectivity index (χ1n) is 6.92. The van der Waals surface area contributed by atoms with Gasteiger partial charge in [-0.15, -0.1) is 0 Å². The Labute approximate surface area is 111 Å². The van der Waals surface area contributed by atoms with Gasteiger partial charge in [0.25, 0.3) is 0 Å². The van der Waals surface area contributed by atoms with Gasteiger partial charge in [0.05, 0.1) is 0 Å². The van der Waals surface area contributed by atoms with Crippen molar-refractivity contribution in [3.8, 4) is 0 Å². The van der Waals surface area contributed by atoms with Crippen LogP contribution in [-0.4, -0.2) is 18.9 Å². The van der Waals surface area contributed by atoms with E-state index >= 15 is 0 Å². The molecule has 2 nitrogen and oxygen atoms in total. The number of nitrogens with zero attached hydrogens (tertiary/aromatic N) is 1. The Bertz CT molecular complexity index is 385. The number of aldehydes is 1. The molecule has 0 aliphatic rings. The quantitative estimate of drug-likeness (QED) is 0.531. The van der Waals surface area contributed by atoms with Crippen molar-refractivity contribution in [1.29, 1.82) is 0 Å². The first kappa shape index (κ1) is 14.7. The Balaban J connectivity index is 2.88. The Morgan fingerprint density at radius 2 is 2.00 bits per heavy atom. The third-order valence-electron chi connectivity index (χ3n) is 3.29.